The van der Waals surface area contributed by atoms with Gasteiger partial charge >= 0.3 is 5.97 Å². The van der Waals surface area contributed by atoms with Crippen LogP contribution in [0.4, 0.5) is 11.6 Å². The molecule has 0 spiro atoms. The van der Waals surface area contributed by atoms with Gasteiger partial charge in [0.1, 0.15) is 24.1 Å². The highest BCUT2D eigenvalue weighted by Gasteiger charge is 2.29. The number of para-hydroxylation sites is 1. The Morgan fingerprint density at radius 1 is 1.16 bits per heavy atom. The lowest BCUT2D eigenvalue weighted by atomic mass is 9.93. The van der Waals surface area contributed by atoms with Crippen molar-refractivity contribution in [3.63, 3.8) is 0 Å². The molecule has 4 heterocycles. The molecular weight excluding hydrogens is 564 g/mol. The lowest BCUT2D eigenvalue weighted by Gasteiger charge is -2.28. The molecule has 2 aliphatic rings. The number of nitrogens with two attached hydrogens (primary N) is 1. The fourth-order valence-corrected chi connectivity index (χ4v) is 5.08. The summed E-state index contributed by atoms with van der Waals surface area (Å²) < 4.78 is 12.6. The third-order valence-corrected chi connectivity index (χ3v) is 7.87. The van der Waals surface area contributed by atoms with E-state index in [-0.39, 0.29) is 17.8 Å². The fourth-order valence-electron chi connectivity index (χ4n) is 5.08. The quantitative estimate of drug-likeness (QED) is 0.225. The molecule has 1 aromatic carbocycles. The van der Waals surface area contributed by atoms with Crippen molar-refractivity contribution in [2.24, 2.45) is 5.92 Å². The molecule has 232 valence electrons. The second-order valence-electron chi connectivity index (χ2n) is 11.4. The maximum Gasteiger partial charge on any atom is 0.314 e. The monoisotopic (exact) mass is 602 g/mol. The van der Waals surface area contributed by atoms with E-state index in [0.29, 0.717) is 78.6 Å². The van der Waals surface area contributed by atoms with Gasteiger partial charge in [-0.1, -0.05) is 43.0 Å². The van der Waals surface area contributed by atoms with Crippen molar-refractivity contribution in [1.82, 2.24) is 19.5 Å². The van der Waals surface area contributed by atoms with Gasteiger partial charge < -0.3 is 35.2 Å². The molecule has 4 aromatic rings. The van der Waals surface area contributed by atoms with Crippen LogP contribution in [0.3, 0.4) is 0 Å². The van der Waals surface area contributed by atoms with E-state index in [2.05, 4.69) is 27.0 Å². The Morgan fingerprint density at radius 2 is 1.91 bits per heavy atom. The Bertz CT molecular complexity index is 1640. The number of ether oxygens (including phenoxy) is 1. The van der Waals surface area contributed by atoms with Crippen LogP contribution in [-0.4, -0.2) is 72.7 Å². The van der Waals surface area contributed by atoms with Gasteiger partial charge in [-0.25, -0.2) is 4.98 Å². The molecule has 1 aliphatic carbocycles. The van der Waals surface area contributed by atoms with Crippen LogP contribution in [0.1, 0.15) is 63.2 Å². The van der Waals surface area contributed by atoms with Crippen LogP contribution < -0.4 is 10.6 Å². The molecule has 6 rings (SSSR count). The van der Waals surface area contributed by atoms with E-state index in [0.717, 1.165) is 12.8 Å². The van der Waals surface area contributed by atoms with Crippen molar-refractivity contribution in [2.75, 3.05) is 30.3 Å². The van der Waals surface area contributed by atoms with Crippen LogP contribution in [0.15, 0.2) is 47.2 Å². The summed E-state index contributed by atoms with van der Waals surface area (Å²) >= 11 is 0. The highest BCUT2D eigenvalue weighted by molar-refractivity contribution is 5.75. The first-order chi connectivity index (χ1) is 21.2. The van der Waals surface area contributed by atoms with Crippen LogP contribution in [0.25, 0.3) is 17.0 Å². The lowest BCUT2D eigenvalue weighted by molar-refractivity contribution is -0.140. The maximum absolute atomic E-state index is 11.2. The van der Waals surface area contributed by atoms with E-state index >= 15 is 0 Å². The number of aliphatic hydroxyl groups excluding tert-OH is 1. The molecule has 1 atom stereocenters. The molecule has 0 bridgehead atoms. The summed E-state index contributed by atoms with van der Waals surface area (Å²) in [5, 5.41) is 32.6. The van der Waals surface area contributed by atoms with E-state index in [1.165, 1.54) is 6.42 Å². The number of nitrogen functional groups attached to an aromatic ring is 1. The number of aromatic nitrogens is 4. The summed E-state index contributed by atoms with van der Waals surface area (Å²) in [6.45, 7) is 5.52. The molecule has 0 radical (unpaired) electrons. The molecule has 12 heteroatoms. The number of carboxylic acid groups (broad SMARTS) is 1. The van der Waals surface area contributed by atoms with Crippen LogP contribution in [0.5, 0.6) is 5.75 Å². The SMILES string of the molecule is CC(C)C(C(=O)O)c1cc(N2CCC(O)CC2)no1.Nc1nc2nc(-c3ccccc3O)cn2cc1C#CCOC1CCC1. The number of phenols is 1. The number of piperidine rings is 1. The molecular formula is C32H38N6O6. The molecule has 44 heavy (non-hydrogen) atoms. The van der Waals surface area contributed by atoms with Crippen LogP contribution >= 0.6 is 0 Å². The number of fused-ring (bicyclic) bond motifs is 1. The Morgan fingerprint density at radius 3 is 2.57 bits per heavy atom. The number of nitrogens with zero attached hydrogens (tertiary/aromatic N) is 5. The molecule has 0 amide bonds. The number of rotatable bonds is 7. The van der Waals surface area contributed by atoms with E-state index in [1.807, 2.05) is 24.8 Å². The van der Waals surface area contributed by atoms with Crippen molar-refractivity contribution in [3.05, 3.63) is 54.0 Å². The van der Waals surface area contributed by atoms with Crippen LogP contribution in [0, 0.1) is 17.8 Å². The Labute approximate surface area is 255 Å². The Hall–Kier alpha value is -4.60. The molecule has 1 saturated carbocycles. The largest absolute Gasteiger partial charge is 0.507 e. The number of hydrogen-bond donors (Lipinski definition) is 4. The van der Waals surface area contributed by atoms with Crippen molar-refractivity contribution in [1.29, 1.82) is 0 Å². The standard InChI is InChI=1S/C19H18N4O2.C13H20N2O4/c20-18-13(5-4-10-25-14-6-3-7-14)11-23-12-16(21-19(23)22-18)15-8-1-2-9-17(15)24;1-8(2)12(13(17)18)10-7-11(14-19-10)15-5-3-9(16)4-6-15/h1-2,8-9,11-12,14,24H,3,6-7,10H2,(H2,20,21,22);7-9,12,16H,3-6H2,1-2H3,(H,17,18). The zero-order valence-electron chi connectivity index (χ0n) is 24.9. The molecule has 1 aliphatic heterocycles. The summed E-state index contributed by atoms with van der Waals surface area (Å²) in [4.78, 5) is 22.0. The molecule has 3 aromatic heterocycles. The van der Waals surface area contributed by atoms with Crippen molar-refractivity contribution in [3.8, 4) is 28.8 Å². The van der Waals surface area contributed by atoms with Gasteiger partial charge in [-0.3, -0.25) is 9.20 Å². The number of carboxylic acids is 1. The van der Waals surface area contributed by atoms with Crippen LogP contribution in [0.2, 0.25) is 0 Å². The lowest BCUT2D eigenvalue weighted by Crippen LogP contribution is -2.35. The second kappa shape index (κ2) is 13.8. The summed E-state index contributed by atoms with van der Waals surface area (Å²) in [6, 6.07) is 8.75. The van der Waals surface area contributed by atoms with E-state index in [9.17, 15) is 20.1 Å². The maximum atomic E-state index is 11.2. The minimum Gasteiger partial charge on any atom is -0.507 e. The van der Waals surface area contributed by atoms with Gasteiger partial charge in [-0.2, -0.15) is 4.98 Å². The molecule has 1 saturated heterocycles. The van der Waals surface area contributed by atoms with Crippen molar-refractivity contribution >= 4 is 23.4 Å². The Balaban J connectivity index is 0.000000182. The Kier molecular flexibility index (Phi) is 9.67. The average molecular weight is 603 g/mol. The van der Waals surface area contributed by atoms with Gasteiger partial charge in [0.05, 0.1) is 23.5 Å². The van der Waals surface area contributed by atoms with E-state index in [1.54, 1.807) is 41.1 Å². The third kappa shape index (κ3) is 7.30. The predicted octanol–water partition coefficient (Wildman–Crippen LogP) is 4.06. The van der Waals surface area contributed by atoms with E-state index in [4.69, 9.17) is 15.0 Å². The summed E-state index contributed by atoms with van der Waals surface area (Å²) in [5.74, 6) is 6.40. The second-order valence-corrected chi connectivity index (χ2v) is 11.4. The number of benzene rings is 1. The highest BCUT2D eigenvalue weighted by atomic mass is 16.5. The van der Waals surface area contributed by atoms with Gasteiger partial charge in [0.25, 0.3) is 0 Å². The van der Waals surface area contributed by atoms with Crippen molar-refractivity contribution < 1.29 is 29.4 Å². The number of carbonyl (C=O) groups is 1. The van der Waals surface area contributed by atoms with Crippen molar-refractivity contribution in [2.45, 2.75) is 64.1 Å². The molecule has 2 fully saturated rings. The zero-order valence-corrected chi connectivity index (χ0v) is 24.9. The number of anilines is 2. The number of aromatic hydroxyl groups is 1. The first kappa shape index (κ1) is 30.8. The van der Waals surface area contributed by atoms with Gasteiger partial charge in [-0.05, 0) is 50.2 Å². The topological polar surface area (TPSA) is 172 Å². The highest BCUT2D eigenvalue weighted by Crippen LogP contribution is 2.30. The molecule has 12 nitrogen and oxygen atoms in total. The average Bonchev–Trinajstić information content (AvgIpc) is 3.60. The van der Waals surface area contributed by atoms with Gasteiger partial charge in [-0.15, -0.1) is 0 Å². The number of imidazole rings is 1. The van der Waals surface area contributed by atoms with Gasteiger partial charge in [0.15, 0.2) is 11.6 Å². The minimum atomic E-state index is -0.897. The number of aliphatic carboxylic acids is 1. The summed E-state index contributed by atoms with van der Waals surface area (Å²) in [5.41, 5.74) is 7.89. The zero-order chi connectivity index (χ0) is 31.2. The predicted molar refractivity (Wildman–Crippen MR) is 164 cm³/mol. The molecule has 1 unspecified atom stereocenters. The first-order valence-electron chi connectivity index (χ1n) is 14.9. The number of phenolic OH excluding ortho intramolecular Hbond substituents is 1. The summed E-state index contributed by atoms with van der Waals surface area (Å²) in [7, 11) is 0. The minimum absolute atomic E-state index is 0.0542. The van der Waals surface area contributed by atoms with Gasteiger partial charge in [0, 0.05) is 37.1 Å². The summed E-state index contributed by atoms with van der Waals surface area (Å²) in [6.07, 6.45) is 8.61. The normalized spacial score (nSPS) is 16.1. The van der Waals surface area contributed by atoms with E-state index < -0.39 is 11.9 Å². The van der Waals surface area contributed by atoms with Crippen LogP contribution in [-0.2, 0) is 9.53 Å². The van der Waals surface area contributed by atoms with Gasteiger partial charge in [0.2, 0.25) is 5.78 Å². The third-order valence-electron chi connectivity index (χ3n) is 7.87. The smallest absolute Gasteiger partial charge is 0.314 e. The number of hydrogen-bond acceptors (Lipinski definition) is 10. The number of aliphatic hydroxyl groups is 1. The molecule has 5 N–H and O–H groups in total. The first-order valence-corrected chi connectivity index (χ1v) is 14.9. The fraction of sp³-hybridized carbons (Fsp3) is 0.438.